The van der Waals surface area contributed by atoms with E-state index in [0.717, 1.165) is 29.3 Å². The smallest absolute Gasteiger partial charge is 0.127 e. The first-order valence-corrected chi connectivity index (χ1v) is 5.77. The SMILES string of the molecule is CC/C(=C/c1c(Cl)cccc1OC)CNC. The van der Waals surface area contributed by atoms with Crippen molar-refractivity contribution in [2.75, 3.05) is 20.7 Å². The summed E-state index contributed by atoms with van der Waals surface area (Å²) in [6.45, 7) is 3.00. The average Bonchev–Trinajstić information content (AvgIpc) is 2.30. The van der Waals surface area contributed by atoms with Crippen LogP contribution >= 0.6 is 11.6 Å². The number of halogens is 1. The predicted molar refractivity (Wildman–Crippen MR) is 70.2 cm³/mol. The molecule has 0 saturated heterocycles. The lowest BCUT2D eigenvalue weighted by molar-refractivity contribution is 0.414. The third kappa shape index (κ3) is 3.26. The van der Waals surface area contributed by atoms with E-state index in [1.807, 2.05) is 25.2 Å². The summed E-state index contributed by atoms with van der Waals surface area (Å²) >= 11 is 6.16. The molecule has 1 aromatic rings. The topological polar surface area (TPSA) is 21.3 Å². The van der Waals surface area contributed by atoms with E-state index in [2.05, 4.69) is 18.3 Å². The van der Waals surface area contributed by atoms with Gasteiger partial charge < -0.3 is 10.1 Å². The summed E-state index contributed by atoms with van der Waals surface area (Å²) in [7, 11) is 3.60. The molecule has 2 nitrogen and oxygen atoms in total. The molecule has 0 spiro atoms. The van der Waals surface area contributed by atoms with Crippen LogP contribution in [0.25, 0.3) is 6.08 Å². The van der Waals surface area contributed by atoms with E-state index in [0.29, 0.717) is 0 Å². The van der Waals surface area contributed by atoms with Gasteiger partial charge in [0.1, 0.15) is 5.75 Å². The van der Waals surface area contributed by atoms with E-state index in [1.54, 1.807) is 7.11 Å². The summed E-state index contributed by atoms with van der Waals surface area (Å²) in [5, 5.41) is 3.87. The van der Waals surface area contributed by atoms with Crippen molar-refractivity contribution in [3.05, 3.63) is 34.4 Å². The van der Waals surface area contributed by atoms with Gasteiger partial charge in [-0.05, 0) is 31.7 Å². The summed E-state index contributed by atoms with van der Waals surface area (Å²) in [5.74, 6) is 0.814. The molecule has 3 heteroatoms. The Kier molecular flexibility index (Phi) is 5.36. The van der Waals surface area contributed by atoms with Gasteiger partial charge in [-0.1, -0.05) is 30.2 Å². The second-order valence-corrected chi connectivity index (χ2v) is 3.95. The Hall–Kier alpha value is -0.990. The van der Waals surface area contributed by atoms with Gasteiger partial charge in [0, 0.05) is 12.1 Å². The predicted octanol–water partition coefficient (Wildman–Crippen LogP) is 3.36. The maximum Gasteiger partial charge on any atom is 0.127 e. The van der Waals surface area contributed by atoms with Crippen molar-refractivity contribution >= 4 is 17.7 Å². The number of methoxy groups -OCH3 is 1. The van der Waals surface area contributed by atoms with Crippen molar-refractivity contribution in [2.24, 2.45) is 0 Å². The molecule has 0 saturated carbocycles. The van der Waals surface area contributed by atoms with Crippen LogP contribution < -0.4 is 10.1 Å². The maximum atomic E-state index is 6.16. The second kappa shape index (κ2) is 6.56. The Morgan fingerprint density at radius 1 is 1.50 bits per heavy atom. The van der Waals surface area contributed by atoms with Gasteiger partial charge in [-0.3, -0.25) is 0 Å². The molecule has 0 unspecified atom stereocenters. The van der Waals surface area contributed by atoms with Crippen molar-refractivity contribution in [2.45, 2.75) is 13.3 Å². The first kappa shape index (κ1) is 13.1. The maximum absolute atomic E-state index is 6.16. The molecule has 0 heterocycles. The van der Waals surface area contributed by atoms with Gasteiger partial charge in [-0.2, -0.15) is 0 Å². The Morgan fingerprint density at radius 2 is 2.25 bits per heavy atom. The van der Waals surface area contributed by atoms with Gasteiger partial charge in [0.25, 0.3) is 0 Å². The molecule has 1 aromatic carbocycles. The first-order chi connectivity index (χ1) is 7.72. The zero-order valence-electron chi connectivity index (χ0n) is 10.0. The molecule has 0 aliphatic rings. The Bertz CT molecular complexity index is 374. The van der Waals surface area contributed by atoms with Gasteiger partial charge in [0.2, 0.25) is 0 Å². The summed E-state index contributed by atoms with van der Waals surface area (Å²) < 4.78 is 5.30. The molecule has 0 aliphatic carbocycles. The van der Waals surface area contributed by atoms with E-state index in [9.17, 15) is 0 Å². The van der Waals surface area contributed by atoms with E-state index in [4.69, 9.17) is 16.3 Å². The molecule has 0 atom stereocenters. The summed E-state index contributed by atoms with van der Waals surface area (Å²) in [6.07, 6.45) is 3.09. The highest BCUT2D eigenvalue weighted by molar-refractivity contribution is 6.32. The van der Waals surface area contributed by atoms with E-state index < -0.39 is 0 Å². The zero-order valence-corrected chi connectivity index (χ0v) is 10.8. The van der Waals surface area contributed by atoms with E-state index in [1.165, 1.54) is 5.57 Å². The molecular weight excluding hydrogens is 222 g/mol. The number of rotatable bonds is 5. The van der Waals surface area contributed by atoms with Crippen LogP contribution in [0, 0.1) is 0 Å². The number of hydrogen-bond acceptors (Lipinski definition) is 2. The monoisotopic (exact) mass is 239 g/mol. The standard InChI is InChI=1S/C13H18ClNO/c1-4-10(9-15-2)8-11-12(14)6-5-7-13(11)16-3/h5-8,15H,4,9H2,1-3H3/b10-8-. The fourth-order valence-corrected chi connectivity index (χ4v) is 1.77. The molecule has 0 amide bonds. The van der Waals surface area contributed by atoms with Crippen LogP contribution in [0.15, 0.2) is 23.8 Å². The third-order valence-electron chi connectivity index (χ3n) is 2.44. The molecule has 1 N–H and O–H groups in total. The zero-order chi connectivity index (χ0) is 12.0. The van der Waals surface area contributed by atoms with Crippen LogP contribution in [0.2, 0.25) is 5.02 Å². The Morgan fingerprint density at radius 3 is 2.81 bits per heavy atom. The van der Waals surface area contributed by atoms with Gasteiger partial charge >= 0.3 is 0 Å². The van der Waals surface area contributed by atoms with Crippen molar-refractivity contribution in [1.29, 1.82) is 0 Å². The number of hydrogen-bond donors (Lipinski definition) is 1. The molecule has 1 rings (SSSR count). The van der Waals surface area contributed by atoms with Crippen molar-refractivity contribution < 1.29 is 4.74 Å². The molecule has 88 valence electrons. The lowest BCUT2D eigenvalue weighted by atomic mass is 10.1. The summed E-state index contributed by atoms with van der Waals surface area (Å²) in [5.41, 5.74) is 2.26. The van der Waals surface area contributed by atoms with Crippen molar-refractivity contribution in [3.63, 3.8) is 0 Å². The lowest BCUT2D eigenvalue weighted by Gasteiger charge is -2.09. The summed E-state index contributed by atoms with van der Waals surface area (Å²) in [4.78, 5) is 0. The van der Waals surface area contributed by atoms with Gasteiger partial charge in [-0.15, -0.1) is 0 Å². The van der Waals surface area contributed by atoms with Crippen molar-refractivity contribution in [3.8, 4) is 5.75 Å². The van der Waals surface area contributed by atoms with Crippen LogP contribution in [0.1, 0.15) is 18.9 Å². The molecule has 16 heavy (non-hydrogen) atoms. The van der Waals surface area contributed by atoms with Crippen LogP contribution in [-0.2, 0) is 0 Å². The van der Waals surface area contributed by atoms with Gasteiger partial charge in [-0.25, -0.2) is 0 Å². The van der Waals surface area contributed by atoms with E-state index >= 15 is 0 Å². The number of nitrogens with one attached hydrogen (secondary N) is 1. The minimum Gasteiger partial charge on any atom is -0.496 e. The minimum atomic E-state index is 0.724. The van der Waals surface area contributed by atoms with E-state index in [-0.39, 0.29) is 0 Å². The fourth-order valence-electron chi connectivity index (χ4n) is 1.54. The van der Waals surface area contributed by atoms with Gasteiger partial charge in [0.15, 0.2) is 0 Å². The Labute approximate surface area is 102 Å². The molecule has 0 radical (unpaired) electrons. The second-order valence-electron chi connectivity index (χ2n) is 3.54. The Balaban J connectivity index is 3.10. The minimum absolute atomic E-state index is 0.724. The van der Waals surface area contributed by atoms with Crippen molar-refractivity contribution in [1.82, 2.24) is 5.32 Å². The normalized spacial score (nSPS) is 11.6. The number of likely N-dealkylation sites (N-methyl/N-ethyl adjacent to an activating group) is 1. The van der Waals surface area contributed by atoms with Crippen LogP contribution in [0.4, 0.5) is 0 Å². The highest BCUT2D eigenvalue weighted by Gasteiger charge is 2.05. The third-order valence-corrected chi connectivity index (χ3v) is 2.77. The number of ether oxygens (including phenoxy) is 1. The van der Waals surface area contributed by atoms with Gasteiger partial charge in [0.05, 0.1) is 12.1 Å². The first-order valence-electron chi connectivity index (χ1n) is 5.39. The lowest BCUT2D eigenvalue weighted by Crippen LogP contribution is -2.09. The largest absolute Gasteiger partial charge is 0.496 e. The highest BCUT2D eigenvalue weighted by atomic mass is 35.5. The molecule has 0 aromatic heterocycles. The fraction of sp³-hybridized carbons (Fsp3) is 0.385. The summed E-state index contributed by atoms with van der Waals surface area (Å²) in [6, 6.07) is 5.69. The molecule has 0 fully saturated rings. The van der Waals surface area contributed by atoms with Crippen LogP contribution in [0.3, 0.4) is 0 Å². The highest BCUT2D eigenvalue weighted by Crippen LogP contribution is 2.28. The molecule has 0 bridgehead atoms. The average molecular weight is 240 g/mol. The van der Waals surface area contributed by atoms with Crippen LogP contribution in [-0.4, -0.2) is 20.7 Å². The molecule has 0 aliphatic heterocycles. The molecular formula is C13H18ClNO. The van der Waals surface area contributed by atoms with Crippen LogP contribution in [0.5, 0.6) is 5.75 Å². The quantitative estimate of drug-likeness (QED) is 0.851. The number of benzene rings is 1.